The van der Waals surface area contributed by atoms with Crippen LogP contribution in [0.5, 0.6) is 11.5 Å². The fourth-order valence-corrected chi connectivity index (χ4v) is 2.53. The van der Waals surface area contributed by atoms with E-state index in [-0.39, 0.29) is 11.7 Å². The van der Waals surface area contributed by atoms with Crippen LogP contribution in [-0.4, -0.2) is 20.1 Å². The maximum Gasteiger partial charge on any atom is 0.291 e. The van der Waals surface area contributed by atoms with Gasteiger partial charge in [-0.3, -0.25) is 4.79 Å². The van der Waals surface area contributed by atoms with E-state index in [1.54, 1.807) is 49.6 Å². The van der Waals surface area contributed by atoms with Gasteiger partial charge in [-0.25, -0.2) is 0 Å². The molecule has 3 aromatic rings. The zero-order valence-corrected chi connectivity index (χ0v) is 14.5. The van der Waals surface area contributed by atoms with E-state index in [9.17, 15) is 4.79 Å². The number of nitrogens with one attached hydrogen (secondary N) is 1. The highest BCUT2D eigenvalue weighted by Gasteiger charge is 2.15. The second-order valence-electron chi connectivity index (χ2n) is 5.19. The molecular weight excluding hydrogens is 342 g/mol. The maximum atomic E-state index is 12.4. The number of hydrogen-bond donors (Lipinski definition) is 1. The summed E-state index contributed by atoms with van der Waals surface area (Å²) >= 11 is 5.98. The highest BCUT2D eigenvalue weighted by atomic mass is 35.5. The van der Waals surface area contributed by atoms with E-state index in [1.807, 2.05) is 12.1 Å². The summed E-state index contributed by atoms with van der Waals surface area (Å²) in [4.78, 5) is 12.4. The van der Waals surface area contributed by atoms with Gasteiger partial charge in [0.25, 0.3) is 5.91 Å². The number of hydrogen-bond acceptors (Lipinski definition) is 4. The van der Waals surface area contributed by atoms with Crippen LogP contribution in [-0.2, 0) is 0 Å². The van der Waals surface area contributed by atoms with Gasteiger partial charge in [-0.05, 0) is 36.4 Å². The summed E-state index contributed by atoms with van der Waals surface area (Å²) in [5.74, 6) is 1.50. The van der Waals surface area contributed by atoms with Crippen LogP contribution in [0, 0.1) is 0 Å². The Labute approximate surface area is 150 Å². The molecule has 3 rings (SSSR count). The number of rotatable bonds is 5. The molecule has 25 heavy (non-hydrogen) atoms. The molecule has 1 amide bonds. The average Bonchev–Trinajstić information content (AvgIpc) is 3.12. The van der Waals surface area contributed by atoms with Crippen molar-refractivity contribution >= 4 is 23.2 Å². The molecule has 1 heterocycles. The minimum absolute atomic E-state index is 0.188. The zero-order chi connectivity index (χ0) is 17.8. The average molecular weight is 358 g/mol. The van der Waals surface area contributed by atoms with Gasteiger partial charge >= 0.3 is 0 Å². The van der Waals surface area contributed by atoms with E-state index in [4.69, 9.17) is 25.5 Å². The summed E-state index contributed by atoms with van der Waals surface area (Å²) in [6.07, 6.45) is 0. The lowest BCUT2D eigenvalue weighted by atomic mass is 10.2. The fourth-order valence-electron chi connectivity index (χ4n) is 2.34. The number of halogens is 1. The van der Waals surface area contributed by atoms with Gasteiger partial charge in [0.15, 0.2) is 5.76 Å². The fraction of sp³-hybridized carbons (Fsp3) is 0.105. The van der Waals surface area contributed by atoms with Crippen LogP contribution in [0.15, 0.2) is 59.0 Å². The Hall–Kier alpha value is -2.92. The Morgan fingerprint density at radius 1 is 1.04 bits per heavy atom. The third kappa shape index (κ3) is 3.78. The molecule has 1 N–H and O–H groups in total. The molecule has 128 valence electrons. The van der Waals surface area contributed by atoms with E-state index < -0.39 is 0 Å². The Morgan fingerprint density at radius 3 is 2.60 bits per heavy atom. The van der Waals surface area contributed by atoms with E-state index in [0.717, 1.165) is 5.56 Å². The lowest BCUT2D eigenvalue weighted by Crippen LogP contribution is -2.11. The standard InChI is InChI=1S/C19H16ClNO4/c1-23-14-6-7-15(18(11-14)24-2)21-19(22)17-9-8-16(25-17)12-4-3-5-13(20)10-12/h3-11H,1-2H3,(H,21,22). The van der Waals surface area contributed by atoms with Crippen molar-refractivity contribution in [2.45, 2.75) is 0 Å². The molecule has 2 aromatic carbocycles. The predicted molar refractivity (Wildman–Crippen MR) is 96.7 cm³/mol. The monoisotopic (exact) mass is 357 g/mol. The molecule has 0 saturated carbocycles. The highest BCUT2D eigenvalue weighted by molar-refractivity contribution is 6.30. The second-order valence-corrected chi connectivity index (χ2v) is 5.63. The van der Waals surface area contributed by atoms with Crippen molar-refractivity contribution in [1.29, 1.82) is 0 Å². The summed E-state index contributed by atoms with van der Waals surface area (Å²) in [7, 11) is 3.09. The lowest BCUT2D eigenvalue weighted by Gasteiger charge is -2.10. The molecule has 0 aliphatic carbocycles. The number of ether oxygens (including phenoxy) is 2. The first kappa shape index (κ1) is 16.9. The van der Waals surface area contributed by atoms with Crippen molar-refractivity contribution in [2.24, 2.45) is 0 Å². The van der Waals surface area contributed by atoms with Gasteiger partial charge in [-0.1, -0.05) is 23.7 Å². The van der Waals surface area contributed by atoms with Gasteiger partial charge in [0, 0.05) is 16.7 Å². The molecule has 0 fully saturated rings. The number of anilines is 1. The first-order valence-electron chi connectivity index (χ1n) is 7.50. The Balaban J connectivity index is 1.81. The summed E-state index contributed by atoms with van der Waals surface area (Å²) < 4.78 is 16.1. The summed E-state index contributed by atoms with van der Waals surface area (Å²) in [6.45, 7) is 0. The molecule has 0 unspecified atom stereocenters. The van der Waals surface area contributed by atoms with Crippen molar-refractivity contribution in [3.8, 4) is 22.8 Å². The first-order valence-corrected chi connectivity index (χ1v) is 7.87. The molecule has 0 spiro atoms. The predicted octanol–water partition coefficient (Wildman–Crippen LogP) is 4.87. The second kappa shape index (κ2) is 7.32. The van der Waals surface area contributed by atoms with Crippen molar-refractivity contribution in [3.05, 3.63) is 65.4 Å². The van der Waals surface area contributed by atoms with E-state index in [0.29, 0.717) is 28.0 Å². The zero-order valence-electron chi connectivity index (χ0n) is 13.7. The summed E-state index contributed by atoms with van der Waals surface area (Å²) in [5.41, 5.74) is 1.32. The molecule has 0 radical (unpaired) electrons. The number of methoxy groups -OCH3 is 2. The number of benzene rings is 2. The van der Waals surface area contributed by atoms with Crippen LogP contribution in [0.25, 0.3) is 11.3 Å². The van der Waals surface area contributed by atoms with E-state index in [1.165, 1.54) is 7.11 Å². The van der Waals surface area contributed by atoms with Gasteiger partial charge < -0.3 is 19.2 Å². The van der Waals surface area contributed by atoms with Crippen LogP contribution in [0.2, 0.25) is 5.02 Å². The number of carbonyl (C=O) groups is 1. The molecule has 0 atom stereocenters. The minimum Gasteiger partial charge on any atom is -0.497 e. The van der Waals surface area contributed by atoms with Crippen LogP contribution in [0.4, 0.5) is 5.69 Å². The largest absolute Gasteiger partial charge is 0.497 e. The van der Waals surface area contributed by atoms with Crippen LogP contribution in [0.3, 0.4) is 0 Å². The normalized spacial score (nSPS) is 10.4. The van der Waals surface area contributed by atoms with E-state index in [2.05, 4.69) is 5.32 Å². The van der Waals surface area contributed by atoms with Crippen LogP contribution < -0.4 is 14.8 Å². The van der Waals surface area contributed by atoms with Crippen LogP contribution >= 0.6 is 11.6 Å². The summed E-state index contributed by atoms with van der Waals surface area (Å²) in [5, 5.41) is 3.37. The smallest absolute Gasteiger partial charge is 0.291 e. The Morgan fingerprint density at radius 2 is 1.88 bits per heavy atom. The van der Waals surface area contributed by atoms with Crippen LogP contribution in [0.1, 0.15) is 10.6 Å². The van der Waals surface area contributed by atoms with Crippen molar-refractivity contribution in [1.82, 2.24) is 0 Å². The Bertz CT molecular complexity index is 904. The third-order valence-corrected chi connectivity index (χ3v) is 3.83. The SMILES string of the molecule is COc1ccc(NC(=O)c2ccc(-c3cccc(Cl)c3)o2)c(OC)c1. The minimum atomic E-state index is -0.378. The van der Waals surface area contributed by atoms with Crippen molar-refractivity contribution in [3.63, 3.8) is 0 Å². The topological polar surface area (TPSA) is 60.7 Å². The molecule has 0 bridgehead atoms. The number of carbonyl (C=O) groups excluding carboxylic acids is 1. The quantitative estimate of drug-likeness (QED) is 0.707. The van der Waals surface area contributed by atoms with Gasteiger partial charge in [-0.15, -0.1) is 0 Å². The molecule has 0 saturated heterocycles. The maximum absolute atomic E-state index is 12.4. The van der Waals surface area contributed by atoms with Gasteiger partial charge in [0.2, 0.25) is 0 Å². The summed E-state index contributed by atoms with van der Waals surface area (Å²) in [6, 6.07) is 15.7. The first-order chi connectivity index (χ1) is 12.1. The molecule has 6 heteroatoms. The van der Waals surface area contributed by atoms with Crippen molar-refractivity contribution < 1.29 is 18.7 Å². The third-order valence-electron chi connectivity index (χ3n) is 3.60. The molecule has 0 aliphatic rings. The molecule has 1 aromatic heterocycles. The number of furan rings is 1. The number of amides is 1. The van der Waals surface area contributed by atoms with Gasteiger partial charge in [-0.2, -0.15) is 0 Å². The lowest BCUT2D eigenvalue weighted by molar-refractivity contribution is 0.0997. The Kier molecular flexibility index (Phi) is 4.95. The molecular formula is C19H16ClNO4. The van der Waals surface area contributed by atoms with E-state index >= 15 is 0 Å². The highest BCUT2D eigenvalue weighted by Crippen LogP contribution is 2.30. The van der Waals surface area contributed by atoms with Gasteiger partial charge in [0.1, 0.15) is 17.3 Å². The van der Waals surface area contributed by atoms with Gasteiger partial charge in [0.05, 0.1) is 19.9 Å². The molecule has 0 aliphatic heterocycles. The molecule has 5 nitrogen and oxygen atoms in total. The van der Waals surface area contributed by atoms with Crippen molar-refractivity contribution in [2.75, 3.05) is 19.5 Å².